The van der Waals surface area contributed by atoms with Crippen LogP contribution in [-0.4, -0.2) is 48.2 Å². The zero-order valence-electron chi connectivity index (χ0n) is 13.0. The molecule has 0 aromatic heterocycles. The number of carbonyl (C=O) groups excluding carboxylic acids is 1. The summed E-state index contributed by atoms with van der Waals surface area (Å²) in [7, 11) is -3.22. The Labute approximate surface area is 134 Å². The van der Waals surface area contributed by atoms with E-state index in [2.05, 4.69) is 0 Å². The number of anilines is 1. The maximum Gasteiger partial charge on any atom is 0.293 e. The van der Waals surface area contributed by atoms with E-state index in [9.17, 15) is 23.3 Å². The van der Waals surface area contributed by atoms with Crippen molar-refractivity contribution in [1.29, 1.82) is 0 Å². The number of amides is 1. The Morgan fingerprint density at radius 3 is 2.65 bits per heavy atom. The number of nitro groups is 1. The first-order chi connectivity index (χ1) is 10.6. The van der Waals surface area contributed by atoms with Crippen LogP contribution in [0.25, 0.3) is 0 Å². The summed E-state index contributed by atoms with van der Waals surface area (Å²) in [4.78, 5) is 24.4. The van der Waals surface area contributed by atoms with Crippen LogP contribution in [0.15, 0.2) is 12.1 Å². The van der Waals surface area contributed by atoms with Gasteiger partial charge in [-0.2, -0.15) is 0 Å². The standard InChI is InChI=1S/C14H19N3O5S/c1-9-7-11(13(15)12(8-9)17(19)20)14(18)16-4-3-10(2)23(21,22)6-5-16/h7-8,10H,3-6,15H2,1-2H3/t10-/m1/s1. The second-order valence-electron chi connectivity index (χ2n) is 5.76. The maximum absolute atomic E-state index is 12.6. The molecule has 1 fully saturated rings. The smallest absolute Gasteiger partial charge is 0.293 e. The lowest BCUT2D eigenvalue weighted by Gasteiger charge is -2.21. The molecule has 0 spiro atoms. The molecule has 0 aliphatic carbocycles. The zero-order valence-corrected chi connectivity index (χ0v) is 13.8. The van der Waals surface area contributed by atoms with Crippen molar-refractivity contribution < 1.29 is 18.1 Å². The minimum absolute atomic E-state index is 0.0450. The summed E-state index contributed by atoms with van der Waals surface area (Å²) < 4.78 is 23.8. The molecule has 1 aromatic rings. The molecule has 9 heteroatoms. The third-order valence-electron chi connectivity index (χ3n) is 4.08. The molecule has 1 atom stereocenters. The van der Waals surface area contributed by atoms with Crippen LogP contribution in [-0.2, 0) is 9.84 Å². The molecular weight excluding hydrogens is 322 g/mol. The maximum atomic E-state index is 12.6. The van der Waals surface area contributed by atoms with Gasteiger partial charge in [-0.15, -0.1) is 0 Å². The van der Waals surface area contributed by atoms with Gasteiger partial charge in [0, 0.05) is 19.2 Å². The van der Waals surface area contributed by atoms with E-state index < -0.39 is 25.9 Å². The molecule has 23 heavy (non-hydrogen) atoms. The Balaban J connectivity index is 2.36. The number of rotatable bonds is 2. The third-order valence-corrected chi connectivity index (χ3v) is 6.29. The van der Waals surface area contributed by atoms with Crippen molar-refractivity contribution in [3.8, 4) is 0 Å². The molecule has 1 aliphatic heterocycles. The van der Waals surface area contributed by atoms with Crippen LogP contribution in [0.5, 0.6) is 0 Å². The van der Waals surface area contributed by atoms with Crippen molar-refractivity contribution in [3.05, 3.63) is 33.4 Å². The monoisotopic (exact) mass is 341 g/mol. The van der Waals surface area contributed by atoms with Crippen molar-refractivity contribution in [2.75, 3.05) is 24.6 Å². The first-order valence-electron chi connectivity index (χ1n) is 7.19. The first-order valence-corrected chi connectivity index (χ1v) is 8.90. The van der Waals surface area contributed by atoms with Crippen molar-refractivity contribution in [1.82, 2.24) is 4.90 Å². The average Bonchev–Trinajstić information content (AvgIpc) is 2.60. The SMILES string of the molecule is Cc1cc(C(=O)N2CC[C@@H](C)S(=O)(=O)CC2)c(N)c([N+](=O)[O-])c1. The van der Waals surface area contributed by atoms with Crippen molar-refractivity contribution in [2.24, 2.45) is 0 Å². The molecule has 2 rings (SSSR count). The van der Waals surface area contributed by atoms with E-state index in [1.807, 2.05) is 0 Å². The molecular formula is C14H19N3O5S. The van der Waals surface area contributed by atoms with E-state index in [1.165, 1.54) is 17.0 Å². The Bertz CT molecular complexity index is 760. The summed E-state index contributed by atoms with van der Waals surface area (Å²) in [6, 6.07) is 2.80. The van der Waals surface area contributed by atoms with Crippen LogP contribution in [0.4, 0.5) is 11.4 Å². The van der Waals surface area contributed by atoms with Gasteiger partial charge in [-0.05, 0) is 31.9 Å². The highest BCUT2D eigenvalue weighted by Gasteiger charge is 2.30. The molecule has 1 saturated heterocycles. The summed E-state index contributed by atoms with van der Waals surface area (Å²) in [6.07, 6.45) is 0.335. The van der Waals surface area contributed by atoms with Crippen LogP contribution >= 0.6 is 0 Å². The third kappa shape index (κ3) is 3.44. The first kappa shape index (κ1) is 17.2. The number of nitrogens with zero attached hydrogens (tertiary/aromatic N) is 2. The summed E-state index contributed by atoms with van der Waals surface area (Å²) in [5.41, 5.74) is 5.86. The average molecular weight is 341 g/mol. The van der Waals surface area contributed by atoms with E-state index in [4.69, 9.17) is 5.73 Å². The predicted molar refractivity (Wildman–Crippen MR) is 86.0 cm³/mol. The van der Waals surface area contributed by atoms with Gasteiger partial charge in [-0.3, -0.25) is 14.9 Å². The van der Waals surface area contributed by atoms with Gasteiger partial charge in [-0.25, -0.2) is 8.42 Å². The molecule has 1 amide bonds. The normalized spacial score (nSPS) is 20.8. The van der Waals surface area contributed by atoms with Gasteiger partial charge in [0.2, 0.25) is 0 Å². The van der Waals surface area contributed by atoms with E-state index in [0.29, 0.717) is 12.0 Å². The fraction of sp³-hybridized carbons (Fsp3) is 0.500. The van der Waals surface area contributed by atoms with E-state index >= 15 is 0 Å². The summed E-state index contributed by atoms with van der Waals surface area (Å²) in [5.74, 6) is -0.591. The zero-order chi connectivity index (χ0) is 17.4. The van der Waals surface area contributed by atoms with E-state index in [1.54, 1.807) is 13.8 Å². The van der Waals surface area contributed by atoms with Gasteiger partial charge < -0.3 is 10.6 Å². The summed E-state index contributed by atoms with van der Waals surface area (Å²) >= 11 is 0. The van der Waals surface area contributed by atoms with Gasteiger partial charge in [0.05, 0.1) is 21.5 Å². The Kier molecular flexibility index (Phi) is 4.60. The molecule has 1 heterocycles. The molecule has 1 aliphatic rings. The Hall–Kier alpha value is -2.16. The van der Waals surface area contributed by atoms with E-state index in [0.717, 1.165) is 0 Å². The number of aryl methyl sites for hydroxylation is 1. The van der Waals surface area contributed by atoms with Gasteiger partial charge >= 0.3 is 0 Å². The predicted octanol–water partition coefficient (Wildman–Crippen LogP) is 1.13. The number of benzene rings is 1. The lowest BCUT2D eigenvalue weighted by molar-refractivity contribution is -0.384. The number of sulfone groups is 1. The van der Waals surface area contributed by atoms with Gasteiger partial charge in [-0.1, -0.05) is 0 Å². The van der Waals surface area contributed by atoms with Crippen LogP contribution < -0.4 is 5.73 Å². The molecule has 0 bridgehead atoms. The molecule has 0 saturated carbocycles. The van der Waals surface area contributed by atoms with Crippen molar-refractivity contribution in [3.63, 3.8) is 0 Å². The summed E-state index contributed by atoms with van der Waals surface area (Å²) in [6.45, 7) is 3.60. The second kappa shape index (κ2) is 6.15. The quantitative estimate of drug-likeness (QED) is 0.488. The topological polar surface area (TPSA) is 124 Å². The number of hydrogen-bond acceptors (Lipinski definition) is 6. The van der Waals surface area contributed by atoms with Gasteiger partial charge in [0.15, 0.2) is 9.84 Å². The highest BCUT2D eigenvalue weighted by atomic mass is 32.2. The number of carbonyl (C=O) groups is 1. The van der Waals surface area contributed by atoms with E-state index in [-0.39, 0.29) is 35.8 Å². The number of nitro benzene ring substituents is 1. The molecule has 1 aromatic carbocycles. The minimum atomic E-state index is -3.22. The van der Waals surface area contributed by atoms with Gasteiger partial charge in [0.1, 0.15) is 5.69 Å². The highest BCUT2D eigenvalue weighted by Crippen LogP contribution is 2.28. The molecule has 0 unspecified atom stereocenters. The van der Waals surface area contributed by atoms with Crippen molar-refractivity contribution >= 4 is 27.1 Å². The lowest BCUT2D eigenvalue weighted by atomic mass is 10.1. The van der Waals surface area contributed by atoms with Crippen LogP contribution in [0, 0.1) is 17.0 Å². The Morgan fingerprint density at radius 1 is 1.39 bits per heavy atom. The minimum Gasteiger partial charge on any atom is -0.393 e. The van der Waals surface area contributed by atoms with Crippen LogP contribution in [0.2, 0.25) is 0 Å². The highest BCUT2D eigenvalue weighted by molar-refractivity contribution is 7.92. The van der Waals surface area contributed by atoms with Crippen LogP contribution in [0.3, 0.4) is 0 Å². The van der Waals surface area contributed by atoms with Crippen molar-refractivity contribution in [2.45, 2.75) is 25.5 Å². The molecule has 0 radical (unpaired) electrons. The number of nitrogens with two attached hydrogens (primary N) is 1. The number of nitrogen functional groups attached to an aromatic ring is 1. The lowest BCUT2D eigenvalue weighted by Crippen LogP contribution is -2.34. The fourth-order valence-corrected chi connectivity index (χ4v) is 3.89. The second-order valence-corrected chi connectivity index (χ2v) is 8.30. The van der Waals surface area contributed by atoms with Crippen LogP contribution in [0.1, 0.15) is 29.3 Å². The largest absolute Gasteiger partial charge is 0.393 e. The molecule has 126 valence electrons. The Morgan fingerprint density at radius 2 is 2.04 bits per heavy atom. The molecule has 8 nitrogen and oxygen atoms in total. The fourth-order valence-electron chi connectivity index (χ4n) is 2.55. The van der Waals surface area contributed by atoms with Gasteiger partial charge in [0.25, 0.3) is 11.6 Å². The summed E-state index contributed by atoms with van der Waals surface area (Å²) in [5, 5.41) is 10.5. The molecule has 2 N–H and O–H groups in total. The number of hydrogen-bond donors (Lipinski definition) is 1.